The Kier molecular flexibility index (Phi) is 2.48. The van der Waals surface area contributed by atoms with Gasteiger partial charge in [-0.1, -0.05) is 46.3 Å². The van der Waals surface area contributed by atoms with Gasteiger partial charge in [-0.3, -0.25) is 0 Å². The van der Waals surface area contributed by atoms with Gasteiger partial charge in [-0.05, 0) is 18.2 Å². The van der Waals surface area contributed by atoms with Gasteiger partial charge >= 0.3 is 0 Å². The van der Waals surface area contributed by atoms with Crippen LogP contribution in [0.4, 0.5) is 0 Å². The molecule has 3 heteroatoms. The molecule has 84 valence electrons. The summed E-state index contributed by atoms with van der Waals surface area (Å²) in [5, 5.41) is 0. The Morgan fingerprint density at radius 2 is 1.82 bits per heavy atom. The maximum absolute atomic E-state index is 4.67. The summed E-state index contributed by atoms with van der Waals surface area (Å²) in [6.07, 6.45) is 0. The Balaban J connectivity index is 2.28. The summed E-state index contributed by atoms with van der Waals surface area (Å²) in [4.78, 5) is 4.67. The fourth-order valence-electron chi connectivity index (χ4n) is 2.01. The summed E-state index contributed by atoms with van der Waals surface area (Å²) in [7, 11) is 2.05. The molecule has 2 nitrogen and oxygen atoms in total. The lowest BCUT2D eigenvalue weighted by molar-refractivity contribution is 0.959. The van der Waals surface area contributed by atoms with Crippen molar-refractivity contribution in [1.29, 1.82) is 0 Å². The molecule has 0 saturated heterocycles. The van der Waals surface area contributed by atoms with E-state index in [1.54, 1.807) is 0 Å². The van der Waals surface area contributed by atoms with Gasteiger partial charge in [-0.2, -0.15) is 0 Å². The molecule has 0 amide bonds. The van der Waals surface area contributed by atoms with E-state index in [9.17, 15) is 0 Å². The van der Waals surface area contributed by atoms with Gasteiger partial charge in [-0.15, -0.1) is 0 Å². The van der Waals surface area contributed by atoms with Crippen LogP contribution >= 0.6 is 15.9 Å². The summed E-state index contributed by atoms with van der Waals surface area (Å²) >= 11 is 3.49. The number of fused-ring (bicyclic) bond motifs is 1. The molecule has 0 aliphatic heterocycles. The SMILES string of the molecule is Cn1c(-c2ccccc2)nc2ccc(Br)cc21. The van der Waals surface area contributed by atoms with Gasteiger partial charge in [0.2, 0.25) is 0 Å². The molecule has 0 fully saturated rings. The average Bonchev–Trinajstić information content (AvgIpc) is 2.68. The Labute approximate surface area is 108 Å². The van der Waals surface area contributed by atoms with Crippen molar-refractivity contribution in [3.05, 3.63) is 53.0 Å². The van der Waals surface area contributed by atoms with Crippen molar-refractivity contribution >= 4 is 27.0 Å². The van der Waals surface area contributed by atoms with Crippen LogP contribution in [0.3, 0.4) is 0 Å². The zero-order valence-corrected chi connectivity index (χ0v) is 11.0. The van der Waals surface area contributed by atoms with E-state index in [-0.39, 0.29) is 0 Å². The molecule has 2 aromatic carbocycles. The molecule has 0 unspecified atom stereocenters. The van der Waals surface area contributed by atoms with E-state index in [0.717, 1.165) is 26.9 Å². The van der Waals surface area contributed by atoms with E-state index in [0.29, 0.717) is 0 Å². The number of aromatic nitrogens is 2. The quantitative estimate of drug-likeness (QED) is 0.661. The molecule has 0 atom stereocenters. The minimum Gasteiger partial charge on any atom is -0.327 e. The topological polar surface area (TPSA) is 17.8 Å². The second-order valence-corrected chi connectivity index (χ2v) is 4.91. The molecule has 3 aromatic rings. The minimum absolute atomic E-state index is 0.999. The van der Waals surface area contributed by atoms with Crippen LogP contribution in [0.5, 0.6) is 0 Å². The second kappa shape index (κ2) is 4.00. The molecule has 0 bridgehead atoms. The minimum atomic E-state index is 0.999. The van der Waals surface area contributed by atoms with Gasteiger partial charge in [0, 0.05) is 17.1 Å². The zero-order chi connectivity index (χ0) is 11.8. The summed E-state index contributed by atoms with van der Waals surface area (Å²) in [5.74, 6) is 0.999. The third-order valence-corrected chi connectivity index (χ3v) is 3.37. The molecule has 0 N–H and O–H groups in total. The number of aryl methyl sites for hydroxylation is 1. The van der Waals surface area contributed by atoms with Gasteiger partial charge in [0.1, 0.15) is 5.82 Å². The van der Waals surface area contributed by atoms with Crippen molar-refractivity contribution in [1.82, 2.24) is 9.55 Å². The van der Waals surface area contributed by atoms with Crippen LogP contribution in [-0.2, 0) is 7.05 Å². The van der Waals surface area contributed by atoms with Gasteiger partial charge in [0.05, 0.1) is 11.0 Å². The van der Waals surface area contributed by atoms with E-state index < -0.39 is 0 Å². The van der Waals surface area contributed by atoms with E-state index in [1.165, 1.54) is 0 Å². The molecule has 0 radical (unpaired) electrons. The first kappa shape index (κ1) is 10.5. The molecule has 1 heterocycles. The van der Waals surface area contributed by atoms with Crippen molar-refractivity contribution in [2.75, 3.05) is 0 Å². The van der Waals surface area contributed by atoms with Crippen LogP contribution in [0.15, 0.2) is 53.0 Å². The van der Waals surface area contributed by atoms with Gasteiger partial charge in [-0.25, -0.2) is 4.98 Å². The largest absolute Gasteiger partial charge is 0.327 e. The molecule has 0 saturated carbocycles. The summed E-state index contributed by atoms with van der Waals surface area (Å²) in [6, 6.07) is 16.4. The van der Waals surface area contributed by atoms with Gasteiger partial charge in [0.25, 0.3) is 0 Å². The van der Waals surface area contributed by atoms with Gasteiger partial charge in [0.15, 0.2) is 0 Å². The highest BCUT2D eigenvalue weighted by molar-refractivity contribution is 9.10. The lowest BCUT2D eigenvalue weighted by Crippen LogP contribution is -1.91. The monoisotopic (exact) mass is 286 g/mol. The number of halogens is 1. The molecule has 0 aliphatic rings. The van der Waals surface area contributed by atoms with Crippen molar-refractivity contribution in [2.24, 2.45) is 7.05 Å². The lowest BCUT2D eigenvalue weighted by atomic mass is 10.2. The van der Waals surface area contributed by atoms with Crippen molar-refractivity contribution in [3.63, 3.8) is 0 Å². The number of benzene rings is 2. The Bertz CT molecular complexity index is 671. The van der Waals surface area contributed by atoms with E-state index in [4.69, 9.17) is 0 Å². The smallest absolute Gasteiger partial charge is 0.140 e. The highest BCUT2D eigenvalue weighted by atomic mass is 79.9. The van der Waals surface area contributed by atoms with Gasteiger partial charge < -0.3 is 4.57 Å². The maximum atomic E-state index is 4.67. The third-order valence-electron chi connectivity index (χ3n) is 2.87. The molecule has 0 spiro atoms. The first-order valence-corrected chi connectivity index (χ1v) is 6.22. The Morgan fingerprint density at radius 1 is 1.06 bits per heavy atom. The van der Waals surface area contributed by atoms with Crippen LogP contribution in [-0.4, -0.2) is 9.55 Å². The van der Waals surface area contributed by atoms with E-state index in [2.05, 4.69) is 43.7 Å². The summed E-state index contributed by atoms with van der Waals surface area (Å²) in [6.45, 7) is 0. The van der Waals surface area contributed by atoms with Crippen molar-refractivity contribution in [3.8, 4) is 11.4 Å². The summed E-state index contributed by atoms with van der Waals surface area (Å²) < 4.78 is 3.20. The zero-order valence-electron chi connectivity index (χ0n) is 9.39. The first-order valence-electron chi connectivity index (χ1n) is 5.43. The molecule has 3 rings (SSSR count). The van der Waals surface area contributed by atoms with Crippen molar-refractivity contribution < 1.29 is 0 Å². The maximum Gasteiger partial charge on any atom is 0.140 e. The fourth-order valence-corrected chi connectivity index (χ4v) is 2.36. The standard InChI is InChI=1S/C14H11BrN2/c1-17-13-9-11(15)7-8-12(13)16-14(17)10-5-3-2-4-6-10/h2-9H,1H3. The predicted octanol–water partition coefficient (Wildman–Crippen LogP) is 4.00. The highest BCUT2D eigenvalue weighted by Crippen LogP contribution is 2.25. The van der Waals surface area contributed by atoms with Crippen LogP contribution in [0.2, 0.25) is 0 Å². The lowest BCUT2D eigenvalue weighted by Gasteiger charge is -2.01. The molecule has 17 heavy (non-hydrogen) atoms. The Morgan fingerprint density at radius 3 is 2.59 bits per heavy atom. The second-order valence-electron chi connectivity index (χ2n) is 3.99. The van der Waals surface area contributed by atoms with E-state index >= 15 is 0 Å². The fraction of sp³-hybridized carbons (Fsp3) is 0.0714. The average molecular weight is 287 g/mol. The number of rotatable bonds is 1. The van der Waals surface area contributed by atoms with Crippen LogP contribution in [0.25, 0.3) is 22.4 Å². The van der Waals surface area contributed by atoms with E-state index in [1.807, 2.05) is 37.4 Å². The molecular formula is C14H11BrN2. The normalized spacial score (nSPS) is 10.9. The predicted molar refractivity (Wildman–Crippen MR) is 73.9 cm³/mol. The third kappa shape index (κ3) is 1.76. The van der Waals surface area contributed by atoms with Crippen LogP contribution < -0.4 is 0 Å². The number of hydrogen-bond donors (Lipinski definition) is 0. The van der Waals surface area contributed by atoms with Crippen LogP contribution in [0.1, 0.15) is 0 Å². The number of hydrogen-bond acceptors (Lipinski definition) is 1. The molecule has 0 aliphatic carbocycles. The van der Waals surface area contributed by atoms with Crippen LogP contribution in [0, 0.1) is 0 Å². The summed E-state index contributed by atoms with van der Waals surface area (Å²) in [5.41, 5.74) is 3.30. The number of nitrogens with zero attached hydrogens (tertiary/aromatic N) is 2. The molecule has 1 aromatic heterocycles. The number of imidazole rings is 1. The Hall–Kier alpha value is -1.61. The molecular weight excluding hydrogens is 276 g/mol. The highest BCUT2D eigenvalue weighted by Gasteiger charge is 2.09. The first-order chi connectivity index (χ1) is 8.25. The van der Waals surface area contributed by atoms with Crippen molar-refractivity contribution in [2.45, 2.75) is 0 Å².